The highest BCUT2D eigenvalue weighted by atomic mass is 35.5. The Kier molecular flexibility index (Phi) is 3.93. The highest BCUT2D eigenvalue weighted by molar-refractivity contribution is 6.33. The van der Waals surface area contributed by atoms with Crippen LogP contribution in [0.4, 0.5) is 5.69 Å². The lowest BCUT2D eigenvalue weighted by Gasteiger charge is -2.14. The highest BCUT2D eigenvalue weighted by Crippen LogP contribution is 2.32. The fraction of sp³-hybridized carbons (Fsp3) is 0.417. The van der Waals surface area contributed by atoms with Gasteiger partial charge in [0, 0.05) is 18.2 Å². The Hall–Kier alpha value is -1.46. The van der Waals surface area contributed by atoms with Crippen LogP contribution in [0.1, 0.15) is 16.8 Å². The van der Waals surface area contributed by atoms with Crippen molar-refractivity contribution < 1.29 is 14.3 Å². The molecule has 2 rings (SSSR count). The molecular formula is C12H15ClN2O3. The van der Waals surface area contributed by atoms with Crippen LogP contribution < -0.4 is 16.2 Å². The third kappa shape index (κ3) is 2.86. The molecule has 1 aliphatic heterocycles. The summed E-state index contributed by atoms with van der Waals surface area (Å²) in [4.78, 5) is 11.3. The molecule has 0 spiro atoms. The molecule has 1 heterocycles. The zero-order valence-corrected chi connectivity index (χ0v) is 10.6. The Morgan fingerprint density at radius 1 is 1.56 bits per heavy atom. The fourth-order valence-electron chi connectivity index (χ4n) is 1.86. The minimum atomic E-state index is -0.609. The second-order valence-electron chi connectivity index (χ2n) is 4.28. The van der Waals surface area contributed by atoms with Crippen LogP contribution in [-0.2, 0) is 4.74 Å². The van der Waals surface area contributed by atoms with Gasteiger partial charge in [-0.2, -0.15) is 0 Å². The van der Waals surface area contributed by atoms with E-state index in [-0.39, 0.29) is 5.56 Å². The minimum absolute atomic E-state index is 0.207. The molecular weight excluding hydrogens is 256 g/mol. The minimum Gasteiger partial charge on any atom is -0.491 e. The number of nitrogen functional groups attached to an aromatic ring is 1. The molecule has 1 atom stereocenters. The van der Waals surface area contributed by atoms with E-state index in [0.29, 0.717) is 35.6 Å². The molecule has 1 aromatic carbocycles. The van der Waals surface area contributed by atoms with Crippen molar-refractivity contribution >= 4 is 23.2 Å². The summed E-state index contributed by atoms with van der Waals surface area (Å²) < 4.78 is 10.8. The van der Waals surface area contributed by atoms with E-state index >= 15 is 0 Å². The summed E-state index contributed by atoms with van der Waals surface area (Å²) in [6.07, 6.45) is 0.943. The molecule has 0 saturated carbocycles. The number of hydrogen-bond donors (Lipinski definition) is 2. The van der Waals surface area contributed by atoms with Gasteiger partial charge < -0.3 is 20.9 Å². The van der Waals surface area contributed by atoms with Crippen molar-refractivity contribution in [2.24, 2.45) is 11.7 Å². The lowest BCUT2D eigenvalue weighted by molar-refractivity contribution is 0.0995. The zero-order chi connectivity index (χ0) is 13.1. The largest absolute Gasteiger partial charge is 0.491 e. The standard InChI is InChI=1S/C12H15ClN2O3/c13-10-4-8(14)3-9(12(15)16)11(10)18-6-7-1-2-17-5-7/h3-4,7H,1-2,5-6,14H2,(H2,15,16). The Morgan fingerprint density at radius 2 is 2.33 bits per heavy atom. The predicted molar refractivity (Wildman–Crippen MR) is 68.8 cm³/mol. The number of amides is 1. The van der Waals surface area contributed by atoms with E-state index in [2.05, 4.69) is 0 Å². The van der Waals surface area contributed by atoms with Crippen molar-refractivity contribution in [1.29, 1.82) is 0 Å². The van der Waals surface area contributed by atoms with Gasteiger partial charge >= 0.3 is 0 Å². The van der Waals surface area contributed by atoms with E-state index in [1.807, 2.05) is 0 Å². The molecule has 0 aliphatic carbocycles. The van der Waals surface area contributed by atoms with E-state index in [1.165, 1.54) is 12.1 Å². The maximum atomic E-state index is 11.3. The first-order valence-electron chi connectivity index (χ1n) is 5.67. The van der Waals surface area contributed by atoms with Gasteiger partial charge in [-0.15, -0.1) is 0 Å². The van der Waals surface area contributed by atoms with Crippen LogP contribution in [0.3, 0.4) is 0 Å². The Balaban J connectivity index is 2.17. The van der Waals surface area contributed by atoms with Crippen molar-refractivity contribution in [3.05, 3.63) is 22.7 Å². The van der Waals surface area contributed by atoms with Gasteiger partial charge in [0.05, 0.1) is 23.8 Å². The quantitative estimate of drug-likeness (QED) is 0.811. The van der Waals surface area contributed by atoms with Gasteiger partial charge in [0.2, 0.25) is 0 Å². The van der Waals surface area contributed by atoms with Crippen molar-refractivity contribution in [3.8, 4) is 5.75 Å². The smallest absolute Gasteiger partial charge is 0.252 e. The van der Waals surface area contributed by atoms with Gasteiger partial charge in [0.25, 0.3) is 5.91 Å². The van der Waals surface area contributed by atoms with E-state index in [1.54, 1.807) is 0 Å². The van der Waals surface area contributed by atoms with Crippen LogP contribution >= 0.6 is 11.6 Å². The Labute approximate surface area is 110 Å². The van der Waals surface area contributed by atoms with Crippen LogP contribution in [0.5, 0.6) is 5.75 Å². The normalized spacial score (nSPS) is 18.8. The fourth-order valence-corrected chi connectivity index (χ4v) is 2.14. The van der Waals surface area contributed by atoms with E-state index in [9.17, 15) is 4.79 Å². The van der Waals surface area contributed by atoms with Crippen molar-refractivity contribution in [1.82, 2.24) is 0 Å². The number of anilines is 1. The first kappa shape index (κ1) is 13.0. The number of hydrogen-bond acceptors (Lipinski definition) is 4. The number of halogens is 1. The molecule has 1 unspecified atom stereocenters. The average molecular weight is 271 g/mol. The predicted octanol–water partition coefficient (Wildman–Crippen LogP) is 1.44. The number of primary amides is 1. The number of nitrogens with two attached hydrogens (primary N) is 2. The summed E-state index contributed by atoms with van der Waals surface area (Å²) in [7, 11) is 0. The number of ether oxygens (including phenoxy) is 2. The van der Waals surface area contributed by atoms with E-state index in [4.69, 9.17) is 32.5 Å². The third-order valence-electron chi connectivity index (χ3n) is 2.82. The van der Waals surface area contributed by atoms with Gasteiger partial charge in [-0.05, 0) is 18.6 Å². The third-order valence-corrected chi connectivity index (χ3v) is 3.10. The summed E-state index contributed by atoms with van der Waals surface area (Å²) in [5.41, 5.74) is 11.5. The van der Waals surface area contributed by atoms with Crippen LogP contribution in [0.15, 0.2) is 12.1 Å². The molecule has 1 amide bonds. The van der Waals surface area contributed by atoms with Gasteiger partial charge in [-0.25, -0.2) is 0 Å². The maximum Gasteiger partial charge on any atom is 0.252 e. The van der Waals surface area contributed by atoms with E-state index < -0.39 is 5.91 Å². The monoisotopic (exact) mass is 270 g/mol. The lowest BCUT2D eigenvalue weighted by atomic mass is 10.1. The molecule has 1 saturated heterocycles. The molecule has 4 N–H and O–H groups in total. The summed E-state index contributed by atoms with van der Waals surface area (Å²) in [5.74, 6) is 0.00600. The Morgan fingerprint density at radius 3 is 2.94 bits per heavy atom. The molecule has 0 aromatic heterocycles. The Bertz CT molecular complexity index is 459. The summed E-state index contributed by atoms with van der Waals surface area (Å²) in [6.45, 7) is 1.86. The first-order chi connectivity index (χ1) is 8.58. The van der Waals surface area contributed by atoms with Crippen LogP contribution in [0.2, 0.25) is 5.02 Å². The van der Waals surface area contributed by atoms with Gasteiger partial charge in [-0.3, -0.25) is 4.79 Å². The van der Waals surface area contributed by atoms with Gasteiger partial charge in [-0.1, -0.05) is 11.6 Å². The zero-order valence-electron chi connectivity index (χ0n) is 9.82. The molecule has 5 nitrogen and oxygen atoms in total. The molecule has 6 heteroatoms. The molecule has 0 radical (unpaired) electrons. The van der Waals surface area contributed by atoms with Gasteiger partial charge in [0.15, 0.2) is 5.75 Å². The van der Waals surface area contributed by atoms with Crippen molar-refractivity contribution in [2.75, 3.05) is 25.6 Å². The first-order valence-corrected chi connectivity index (χ1v) is 6.05. The maximum absolute atomic E-state index is 11.3. The van der Waals surface area contributed by atoms with Crippen molar-refractivity contribution in [2.45, 2.75) is 6.42 Å². The van der Waals surface area contributed by atoms with Gasteiger partial charge in [0.1, 0.15) is 0 Å². The number of carbonyl (C=O) groups is 1. The number of carbonyl (C=O) groups excluding carboxylic acids is 1. The SMILES string of the molecule is NC(=O)c1cc(N)cc(Cl)c1OCC1CCOC1. The van der Waals surface area contributed by atoms with Crippen LogP contribution in [0.25, 0.3) is 0 Å². The van der Waals surface area contributed by atoms with Crippen LogP contribution in [-0.4, -0.2) is 25.7 Å². The second-order valence-corrected chi connectivity index (χ2v) is 4.69. The molecule has 0 bridgehead atoms. The van der Waals surface area contributed by atoms with E-state index in [0.717, 1.165) is 13.0 Å². The second kappa shape index (κ2) is 5.46. The number of rotatable bonds is 4. The molecule has 98 valence electrons. The molecule has 1 aromatic rings. The summed E-state index contributed by atoms with van der Waals surface area (Å²) in [6, 6.07) is 3.00. The summed E-state index contributed by atoms with van der Waals surface area (Å²) in [5, 5.41) is 0.294. The molecule has 18 heavy (non-hydrogen) atoms. The topological polar surface area (TPSA) is 87.6 Å². The van der Waals surface area contributed by atoms with Crippen LogP contribution in [0, 0.1) is 5.92 Å². The molecule has 1 aliphatic rings. The number of benzene rings is 1. The summed E-state index contributed by atoms with van der Waals surface area (Å²) >= 11 is 6.02. The average Bonchev–Trinajstić information content (AvgIpc) is 2.79. The highest BCUT2D eigenvalue weighted by Gasteiger charge is 2.20. The van der Waals surface area contributed by atoms with Crippen molar-refractivity contribution in [3.63, 3.8) is 0 Å². The lowest BCUT2D eigenvalue weighted by Crippen LogP contribution is -2.17. The molecule has 1 fully saturated rings.